The number of nitrogens with zero attached hydrogens (tertiary/aromatic N) is 5. The number of hydrogen-bond acceptors (Lipinski definition) is 9. The van der Waals surface area contributed by atoms with Crippen molar-refractivity contribution in [2.45, 2.75) is 51.4 Å². The van der Waals surface area contributed by atoms with E-state index < -0.39 is 0 Å². The minimum Gasteiger partial charge on any atom is -0.397 e. The van der Waals surface area contributed by atoms with Crippen molar-refractivity contribution in [3.05, 3.63) is 65.1 Å². The van der Waals surface area contributed by atoms with Gasteiger partial charge in [0, 0.05) is 78.8 Å². The Morgan fingerprint density at radius 2 is 1.08 bits per heavy atom. The third-order valence-corrected chi connectivity index (χ3v) is 9.16. The summed E-state index contributed by atoms with van der Waals surface area (Å²) in [6.45, 7) is 8.86. The SMILES string of the molecule is Cl.Nc1ccc(CC(=O)N2CCOCC2)cc1N1CCCCC1.O=C(Cc1ccc([N+](=O)[O-])c(N2CCCCC2)c1)N1CCOCC1.[CH3-].[Pd]. The fourth-order valence-corrected chi connectivity index (χ4v) is 6.53. The molecule has 0 aromatic heterocycles. The van der Waals surface area contributed by atoms with Crippen LogP contribution in [-0.2, 0) is 52.3 Å². The van der Waals surface area contributed by atoms with Crippen molar-refractivity contribution >= 4 is 47.0 Å². The first-order chi connectivity index (χ1) is 22.4. The molecule has 2 amide bonds. The molecule has 4 fully saturated rings. The number of amides is 2. The van der Waals surface area contributed by atoms with E-state index in [2.05, 4.69) is 15.9 Å². The van der Waals surface area contributed by atoms with Gasteiger partial charge in [-0.05, 0) is 67.9 Å². The summed E-state index contributed by atoms with van der Waals surface area (Å²) in [7, 11) is 0. The summed E-state index contributed by atoms with van der Waals surface area (Å²) in [6.07, 6.45) is 7.72. The van der Waals surface area contributed by atoms with Crippen LogP contribution in [0, 0.1) is 17.5 Å². The Morgan fingerprint density at radius 3 is 1.53 bits per heavy atom. The summed E-state index contributed by atoms with van der Waals surface area (Å²) in [6, 6.07) is 11.1. The molecule has 0 aliphatic carbocycles. The zero-order valence-corrected chi connectivity index (χ0v) is 31.0. The first-order valence-corrected chi connectivity index (χ1v) is 16.8. The van der Waals surface area contributed by atoms with Gasteiger partial charge in [0.15, 0.2) is 0 Å². The van der Waals surface area contributed by atoms with Gasteiger partial charge in [0.2, 0.25) is 11.8 Å². The molecule has 2 aromatic carbocycles. The number of nitrogens with two attached hydrogens (primary N) is 1. The molecule has 4 heterocycles. The molecule has 6 rings (SSSR count). The standard InChI is InChI=1S/C17H23N3O4.C17H25N3O2.CH3.ClH.Pd/c21-17(19-8-10-24-11-9-19)13-14-4-5-15(20(22)23)16(12-14)18-6-2-1-3-7-18;18-15-5-4-14(12-16(15)19-6-2-1-3-7-19)13-17(21)20-8-10-22-11-9-20;;;/h4-5,12H,1-3,6-11,13H2;4-5,12H,1-3,6-11,13,18H2;1H3;1H;/q;;-1;;. The summed E-state index contributed by atoms with van der Waals surface area (Å²) in [4.78, 5) is 43.9. The number of nitrogen functional groups attached to an aromatic ring is 1. The van der Waals surface area contributed by atoms with Gasteiger partial charge in [-0.2, -0.15) is 0 Å². The molecule has 2 aromatic rings. The van der Waals surface area contributed by atoms with Crippen molar-refractivity contribution in [3.63, 3.8) is 0 Å². The quantitative estimate of drug-likeness (QED) is 0.141. The van der Waals surface area contributed by atoms with Crippen molar-refractivity contribution < 1.29 is 44.4 Å². The molecular formula is C35H52ClN6O6Pd-. The van der Waals surface area contributed by atoms with E-state index in [4.69, 9.17) is 15.2 Å². The first kappa shape index (κ1) is 42.2. The normalized spacial score (nSPS) is 17.7. The van der Waals surface area contributed by atoms with E-state index in [1.54, 1.807) is 11.0 Å². The topological polar surface area (TPSA) is 135 Å². The fourth-order valence-electron chi connectivity index (χ4n) is 6.53. The van der Waals surface area contributed by atoms with E-state index in [1.165, 1.54) is 31.7 Å². The number of benzene rings is 2. The molecule has 276 valence electrons. The summed E-state index contributed by atoms with van der Waals surface area (Å²) >= 11 is 0. The number of carbonyl (C=O) groups excluding carboxylic acids is 2. The van der Waals surface area contributed by atoms with E-state index >= 15 is 0 Å². The second-order valence-electron chi connectivity index (χ2n) is 12.4. The van der Waals surface area contributed by atoms with Gasteiger partial charge < -0.3 is 42.2 Å². The maximum atomic E-state index is 12.4. The van der Waals surface area contributed by atoms with Crippen molar-refractivity contribution in [1.29, 1.82) is 0 Å². The van der Waals surface area contributed by atoms with Crippen LogP contribution in [0.4, 0.5) is 22.7 Å². The van der Waals surface area contributed by atoms with Gasteiger partial charge in [0.1, 0.15) is 5.69 Å². The maximum absolute atomic E-state index is 12.4. The van der Waals surface area contributed by atoms with E-state index in [0.29, 0.717) is 64.7 Å². The molecule has 4 aliphatic rings. The number of halogens is 1. The molecule has 12 nitrogen and oxygen atoms in total. The molecule has 0 radical (unpaired) electrons. The number of anilines is 3. The average Bonchev–Trinajstić information content (AvgIpc) is 3.10. The predicted molar refractivity (Wildman–Crippen MR) is 192 cm³/mol. The number of nitro benzene ring substituents is 1. The van der Waals surface area contributed by atoms with Gasteiger partial charge in [-0.25, -0.2) is 0 Å². The molecule has 49 heavy (non-hydrogen) atoms. The summed E-state index contributed by atoms with van der Waals surface area (Å²) in [5.41, 5.74) is 10.7. The smallest absolute Gasteiger partial charge is 0.292 e. The molecule has 4 aliphatic heterocycles. The molecular weight excluding hydrogens is 742 g/mol. The van der Waals surface area contributed by atoms with Crippen molar-refractivity contribution in [3.8, 4) is 0 Å². The Balaban J connectivity index is 0.000000321. The van der Waals surface area contributed by atoms with Crippen LogP contribution >= 0.6 is 12.4 Å². The van der Waals surface area contributed by atoms with E-state index in [1.807, 2.05) is 23.1 Å². The number of hydrogen-bond donors (Lipinski definition) is 1. The van der Waals surface area contributed by atoms with Crippen LogP contribution in [-0.4, -0.2) is 105 Å². The second-order valence-corrected chi connectivity index (χ2v) is 12.4. The minimum absolute atomic E-state index is 0. The van der Waals surface area contributed by atoms with Gasteiger partial charge >= 0.3 is 0 Å². The largest absolute Gasteiger partial charge is 0.397 e. The van der Waals surface area contributed by atoms with Crippen LogP contribution < -0.4 is 15.5 Å². The van der Waals surface area contributed by atoms with Crippen LogP contribution in [0.3, 0.4) is 0 Å². The number of carbonyl (C=O) groups is 2. The summed E-state index contributed by atoms with van der Waals surface area (Å²) in [5, 5.41) is 11.3. The van der Waals surface area contributed by atoms with Gasteiger partial charge in [-0.3, -0.25) is 19.7 Å². The van der Waals surface area contributed by atoms with E-state index in [9.17, 15) is 19.7 Å². The number of ether oxygens (including phenoxy) is 2. The Hall–Kier alpha value is -2.95. The molecule has 4 saturated heterocycles. The van der Waals surface area contributed by atoms with E-state index in [0.717, 1.165) is 61.5 Å². The number of morpholine rings is 2. The Bertz CT molecular complexity index is 1350. The molecule has 0 atom stereocenters. The number of piperidine rings is 2. The molecule has 0 bridgehead atoms. The van der Waals surface area contributed by atoms with Crippen LogP contribution in [0.15, 0.2) is 36.4 Å². The predicted octanol–water partition coefficient (Wildman–Crippen LogP) is 4.52. The zero-order chi connectivity index (χ0) is 32.3. The van der Waals surface area contributed by atoms with Gasteiger partial charge in [-0.15, -0.1) is 12.4 Å². The minimum atomic E-state index is -0.336. The third kappa shape index (κ3) is 12.1. The van der Waals surface area contributed by atoms with Crippen LogP contribution in [0.5, 0.6) is 0 Å². The average molecular weight is 795 g/mol. The Morgan fingerprint density at radius 1 is 0.673 bits per heavy atom. The van der Waals surface area contributed by atoms with Crippen LogP contribution in [0.2, 0.25) is 0 Å². The summed E-state index contributed by atoms with van der Waals surface area (Å²) in [5.74, 6) is 0.231. The molecule has 0 unspecified atom stereocenters. The number of nitro groups is 1. The first-order valence-electron chi connectivity index (χ1n) is 16.8. The third-order valence-electron chi connectivity index (χ3n) is 9.16. The molecule has 0 spiro atoms. The van der Waals surface area contributed by atoms with Gasteiger partial charge in [0.25, 0.3) is 5.69 Å². The molecule has 0 saturated carbocycles. The van der Waals surface area contributed by atoms with Crippen LogP contribution in [0.25, 0.3) is 0 Å². The summed E-state index contributed by atoms with van der Waals surface area (Å²) < 4.78 is 10.6. The van der Waals surface area contributed by atoms with Crippen molar-refractivity contribution in [2.75, 3.05) is 94.3 Å². The van der Waals surface area contributed by atoms with Crippen molar-refractivity contribution in [2.24, 2.45) is 0 Å². The van der Waals surface area contributed by atoms with Crippen LogP contribution in [0.1, 0.15) is 49.7 Å². The monoisotopic (exact) mass is 793 g/mol. The number of rotatable bonds is 7. The van der Waals surface area contributed by atoms with Gasteiger partial charge in [0.05, 0.1) is 55.6 Å². The van der Waals surface area contributed by atoms with E-state index in [-0.39, 0.29) is 69.1 Å². The van der Waals surface area contributed by atoms with Gasteiger partial charge in [-0.1, -0.05) is 12.1 Å². The fraction of sp³-hybridized carbons (Fsp3) is 0.571. The Kier molecular flexibility index (Phi) is 18.4. The molecule has 14 heteroatoms. The van der Waals surface area contributed by atoms with Crippen molar-refractivity contribution in [1.82, 2.24) is 9.80 Å². The zero-order valence-electron chi connectivity index (χ0n) is 28.6. The second kappa shape index (κ2) is 21.3. The Labute approximate surface area is 310 Å². The maximum Gasteiger partial charge on any atom is 0.292 e. The molecule has 2 N–H and O–H groups in total.